The van der Waals surface area contributed by atoms with Crippen LogP contribution < -0.4 is 5.32 Å². The Labute approximate surface area is 98.7 Å². The third kappa shape index (κ3) is 3.77. The first-order valence-electron chi connectivity index (χ1n) is 4.82. The van der Waals surface area contributed by atoms with Gasteiger partial charge < -0.3 is 5.32 Å². The van der Waals surface area contributed by atoms with Gasteiger partial charge in [-0.05, 0) is 47.5 Å². The molecule has 0 atom stereocenters. The Hall–Kier alpha value is -1.27. The molecule has 0 saturated carbocycles. The first kappa shape index (κ1) is 11.8. The molecule has 1 rings (SSSR count). The molecule has 0 fully saturated rings. The van der Waals surface area contributed by atoms with E-state index >= 15 is 0 Å². The van der Waals surface area contributed by atoms with E-state index in [1.165, 1.54) is 0 Å². The summed E-state index contributed by atoms with van der Waals surface area (Å²) in [6, 6.07) is 7.64. The van der Waals surface area contributed by atoms with Crippen LogP contribution in [0.5, 0.6) is 0 Å². The van der Waals surface area contributed by atoms with Crippen LogP contribution >= 0.6 is 15.9 Å². The van der Waals surface area contributed by atoms with Gasteiger partial charge in [0, 0.05) is 16.7 Å². The summed E-state index contributed by atoms with van der Waals surface area (Å²) in [5.41, 5.74) is 1.69. The smallest absolute Gasteiger partial charge is 0.0992 e. The van der Waals surface area contributed by atoms with Crippen molar-refractivity contribution in [2.75, 3.05) is 11.9 Å². The van der Waals surface area contributed by atoms with Crippen molar-refractivity contribution in [3.8, 4) is 6.07 Å². The van der Waals surface area contributed by atoms with Crippen LogP contribution in [0.4, 0.5) is 5.69 Å². The summed E-state index contributed by atoms with van der Waals surface area (Å²) >= 11 is 3.43. The van der Waals surface area contributed by atoms with Gasteiger partial charge in [0.2, 0.25) is 0 Å². The minimum absolute atomic E-state index is 0.667. The lowest BCUT2D eigenvalue weighted by Gasteiger charge is -2.06. The molecular formula is C12H13BrN2. The molecule has 0 heterocycles. The molecule has 0 bridgehead atoms. The third-order valence-corrected chi connectivity index (χ3v) is 2.62. The number of hydrogen-bond donors (Lipinski definition) is 1. The zero-order valence-corrected chi connectivity index (χ0v) is 10.2. The molecule has 0 aliphatic heterocycles. The van der Waals surface area contributed by atoms with Gasteiger partial charge in [0.15, 0.2) is 0 Å². The van der Waals surface area contributed by atoms with Gasteiger partial charge in [-0.25, -0.2) is 0 Å². The number of nitrogens with zero attached hydrogens (tertiary/aromatic N) is 1. The fourth-order valence-corrected chi connectivity index (χ4v) is 1.70. The summed E-state index contributed by atoms with van der Waals surface area (Å²) in [7, 11) is 0. The molecule has 1 N–H and O–H groups in total. The molecule has 0 aromatic heterocycles. The summed E-state index contributed by atoms with van der Waals surface area (Å²) in [6.45, 7) is 2.91. The minimum Gasteiger partial charge on any atom is -0.384 e. The molecule has 15 heavy (non-hydrogen) atoms. The van der Waals surface area contributed by atoms with E-state index in [2.05, 4.69) is 33.4 Å². The van der Waals surface area contributed by atoms with E-state index in [1.54, 1.807) is 0 Å². The highest BCUT2D eigenvalue weighted by atomic mass is 79.9. The van der Waals surface area contributed by atoms with Crippen LogP contribution in [0.2, 0.25) is 0 Å². The van der Waals surface area contributed by atoms with Crippen LogP contribution in [0.15, 0.2) is 34.8 Å². The molecule has 78 valence electrons. The van der Waals surface area contributed by atoms with Crippen molar-refractivity contribution in [1.29, 1.82) is 5.26 Å². The Morgan fingerprint density at radius 2 is 2.33 bits per heavy atom. The molecule has 0 aliphatic rings. The third-order valence-electron chi connectivity index (χ3n) is 1.96. The van der Waals surface area contributed by atoms with Crippen LogP contribution in [0.25, 0.3) is 0 Å². The first-order valence-corrected chi connectivity index (χ1v) is 5.62. The molecule has 0 unspecified atom stereocenters. The second-order valence-corrected chi connectivity index (χ2v) is 3.95. The first-order chi connectivity index (χ1) is 7.27. The SMILES string of the molecule is C/C=C/CCNc1ccc(C#N)cc1Br. The number of anilines is 1. The minimum atomic E-state index is 0.667. The maximum atomic E-state index is 8.70. The lowest BCUT2D eigenvalue weighted by Crippen LogP contribution is -2.00. The lowest BCUT2D eigenvalue weighted by atomic mass is 10.2. The highest BCUT2D eigenvalue weighted by molar-refractivity contribution is 9.10. The fraction of sp³-hybridized carbons (Fsp3) is 0.250. The van der Waals surface area contributed by atoms with Crippen LogP contribution in [-0.4, -0.2) is 6.54 Å². The van der Waals surface area contributed by atoms with Gasteiger partial charge in [-0.1, -0.05) is 12.2 Å². The van der Waals surface area contributed by atoms with Crippen molar-refractivity contribution in [2.24, 2.45) is 0 Å². The Morgan fingerprint density at radius 1 is 1.53 bits per heavy atom. The van der Waals surface area contributed by atoms with Crippen LogP contribution in [0.3, 0.4) is 0 Å². The van der Waals surface area contributed by atoms with Crippen LogP contribution in [0, 0.1) is 11.3 Å². The van der Waals surface area contributed by atoms with E-state index in [1.807, 2.05) is 31.2 Å². The molecule has 1 aromatic carbocycles. The summed E-state index contributed by atoms with van der Waals surface area (Å²) in [5.74, 6) is 0. The van der Waals surface area contributed by atoms with Gasteiger partial charge >= 0.3 is 0 Å². The maximum absolute atomic E-state index is 8.70. The van der Waals surface area contributed by atoms with Gasteiger partial charge in [0.05, 0.1) is 11.6 Å². The largest absolute Gasteiger partial charge is 0.384 e. The number of rotatable bonds is 4. The predicted molar refractivity (Wildman–Crippen MR) is 66.8 cm³/mol. The fourth-order valence-electron chi connectivity index (χ4n) is 1.18. The lowest BCUT2D eigenvalue weighted by molar-refractivity contribution is 1.06. The van der Waals surface area contributed by atoms with Crippen molar-refractivity contribution >= 4 is 21.6 Å². The van der Waals surface area contributed by atoms with Crippen molar-refractivity contribution in [3.63, 3.8) is 0 Å². The second-order valence-electron chi connectivity index (χ2n) is 3.09. The molecule has 1 aromatic rings. The van der Waals surface area contributed by atoms with Gasteiger partial charge in [0.1, 0.15) is 0 Å². The van der Waals surface area contributed by atoms with E-state index in [4.69, 9.17) is 5.26 Å². The van der Waals surface area contributed by atoms with E-state index < -0.39 is 0 Å². The van der Waals surface area contributed by atoms with Crippen molar-refractivity contribution in [2.45, 2.75) is 13.3 Å². The van der Waals surface area contributed by atoms with Gasteiger partial charge in [-0.15, -0.1) is 0 Å². The van der Waals surface area contributed by atoms with E-state index in [9.17, 15) is 0 Å². The number of hydrogen-bond acceptors (Lipinski definition) is 2. The van der Waals surface area contributed by atoms with E-state index in [0.717, 1.165) is 23.1 Å². The van der Waals surface area contributed by atoms with E-state index in [0.29, 0.717) is 5.56 Å². The number of allylic oxidation sites excluding steroid dienone is 1. The summed E-state index contributed by atoms with van der Waals surface area (Å²) in [5, 5.41) is 12.0. The van der Waals surface area contributed by atoms with Crippen molar-refractivity contribution in [1.82, 2.24) is 0 Å². The Balaban J connectivity index is 2.59. The molecule has 2 nitrogen and oxygen atoms in total. The summed E-state index contributed by atoms with van der Waals surface area (Å²) in [4.78, 5) is 0. The molecular weight excluding hydrogens is 252 g/mol. The van der Waals surface area contributed by atoms with Gasteiger partial charge in [-0.2, -0.15) is 5.26 Å². The normalized spacial score (nSPS) is 10.2. The number of benzene rings is 1. The zero-order chi connectivity index (χ0) is 11.1. The number of nitrogens with one attached hydrogen (secondary N) is 1. The van der Waals surface area contributed by atoms with Gasteiger partial charge in [-0.3, -0.25) is 0 Å². The van der Waals surface area contributed by atoms with Crippen molar-refractivity contribution in [3.05, 3.63) is 40.4 Å². The van der Waals surface area contributed by atoms with Gasteiger partial charge in [0.25, 0.3) is 0 Å². The number of nitriles is 1. The highest BCUT2D eigenvalue weighted by Crippen LogP contribution is 2.23. The highest BCUT2D eigenvalue weighted by Gasteiger charge is 1.99. The van der Waals surface area contributed by atoms with Crippen molar-refractivity contribution < 1.29 is 0 Å². The maximum Gasteiger partial charge on any atom is 0.0992 e. The Kier molecular flexibility index (Phi) is 4.92. The standard InChI is InChI=1S/C12H13BrN2/c1-2-3-4-7-15-12-6-5-10(9-14)8-11(12)13/h2-3,5-6,8,15H,4,7H2,1H3/b3-2+. The molecule has 0 saturated heterocycles. The predicted octanol–water partition coefficient (Wildman–Crippen LogP) is 3.70. The summed E-state index contributed by atoms with van der Waals surface area (Å²) in [6.07, 6.45) is 5.16. The topological polar surface area (TPSA) is 35.8 Å². The van der Waals surface area contributed by atoms with Crippen LogP contribution in [-0.2, 0) is 0 Å². The average molecular weight is 265 g/mol. The van der Waals surface area contributed by atoms with E-state index in [-0.39, 0.29) is 0 Å². The van der Waals surface area contributed by atoms with Crippen LogP contribution in [0.1, 0.15) is 18.9 Å². The molecule has 0 spiro atoms. The zero-order valence-electron chi connectivity index (χ0n) is 8.63. The second kappa shape index (κ2) is 6.26. The molecule has 0 radical (unpaired) electrons. The quantitative estimate of drug-likeness (QED) is 0.665. The molecule has 0 amide bonds. The summed E-state index contributed by atoms with van der Waals surface area (Å²) < 4.78 is 0.932. The molecule has 0 aliphatic carbocycles. The monoisotopic (exact) mass is 264 g/mol. The molecule has 3 heteroatoms. The Morgan fingerprint density at radius 3 is 2.93 bits per heavy atom. The Bertz CT molecular complexity index is 391. The number of halogens is 1. The average Bonchev–Trinajstić information content (AvgIpc) is 2.26.